The third kappa shape index (κ3) is 2.29. The number of benzene rings is 2. The lowest BCUT2D eigenvalue weighted by molar-refractivity contribution is 0.344. The smallest absolute Gasteiger partial charge is 0.206 e. The predicted octanol–water partition coefficient (Wildman–Crippen LogP) is 3.80. The van der Waals surface area contributed by atoms with E-state index in [1.165, 1.54) is 12.1 Å². The van der Waals surface area contributed by atoms with E-state index in [4.69, 9.17) is 22.1 Å². The van der Waals surface area contributed by atoms with Gasteiger partial charge in [0.05, 0.1) is 22.8 Å². The standard InChI is InChI=1S/C15H13ClFN3O/c1-2-21-13-5-3-4-12-14(13)19-15(18)20(12)9-6-7-10(16)11(17)8-9/h3-8H,2H2,1H3,(H2,18,19). The molecule has 0 fully saturated rings. The minimum Gasteiger partial charge on any atom is -0.492 e. The van der Waals surface area contributed by atoms with Crippen LogP contribution >= 0.6 is 11.6 Å². The lowest BCUT2D eigenvalue weighted by atomic mass is 10.2. The van der Waals surface area contributed by atoms with E-state index in [0.717, 1.165) is 5.52 Å². The molecule has 0 bridgehead atoms. The number of nitrogens with two attached hydrogens (primary N) is 1. The van der Waals surface area contributed by atoms with Gasteiger partial charge in [-0.1, -0.05) is 17.7 Å². The number of halogens is 2. The molecule has 0 radical (unpaired) electrons. The van der Waals surface area contributed by atoms with Gasteiger partial charge in [-0.05, 0) is 37.3 Å². The van der Waals surface area contributed by atoms with E-state index in [0.29, 0.717) is 23.6 Å². The number of anilines is 1. The average molecular weight is 306 g/mol. The summed E-state index contributed by atoms with van der Waals surface area (Å²) in [6.45, 7) is 2.43. The van der Waals surface area contributed by atoms with Crippen LogP contribution in [-0.4, -0.2) is 16.2 Å². The van der Waals surface area contributed by atoms with E-state index >= 15 is 0 Å². The molecule has 1 heterocycles. The van der Waals surface area contributed by atoms with Gasteiger partial charge in [0.2, 0.25) is 5.95 Å². The largest absolute Gasteiger partial charge is 0.492 e. The van der Waals surface area contributed by atoms with E-state index in [-0.39, 0.29) is 11.0 Å². The summed E-state index contributed by atoms with van der Waals surface area (Å²) >= 11 is 5.72. The molecule has 0 amide bonds. The van der Waals surface area contributed by atoms with E-state index in [1.807, 2.05) is 25.1 Å². The summed E-state index contributed by atoms with van der Waals surface area (Å²) in [7, 11) is 0. The Morgan fingerprint density at radius 1 is 1.33 bits per heavy atom. The maximum atomic E-state index is 13.7. The molecular weight excluding hydrogens is 293 g/mol. The first-order valence-electron chi connectivity index (χ1n) is 6.47. The van der Waals surface area contributed by atoms with E-state index in [1.54, 1.807) is 10.6 Å². The van der Waals surface area contributed by atoms with Crippen molar-refractivity contribution in [3.05, 3.63) is 47.2 Å². The van der Waals surface area contributed by atoms with Gasteiger partial charge in [0.25, 0.3) is 0 Å². The molecule has 6 heteroatoms. The van der Waals surface area contributed by atoms with Gasteiger partial charge >= 0.3 is 0 Å². The SMILES string of the molecule is CCOc1cccc2c1nc(N)n2-c1ccc(Cl)c(F)c1. The summed E-state index contributed by atoms with van der Waals surface area (Å²) in [6, 6.07) is 10.0. The van der Waals surface area contributed by atoms with Crippen LogP contribution < -0.4 is 10.5 Å². The van der Waals surface area contributed by atoms with Gasteiger partial charge in [-0.25, -0.2) is 9.37 Å². The molecule has 108 valence electrons. The van der Waals surface area contributed by atoms with Gasteiger partial charge < -0.3 is 10.5 Å². The average Bonchev–Trinajstić information content (AvgIpc) is 2.80. The van der Waals surface area contributed by atoms with Crippen molar-refractivity contribution in [2.45, 2.75) is 6.92 Å². The minimum absolute atomic E-state index is 0.0664. The molecule has 1 aromatic heterocycles. The van der Waals surface area contributed by atoms with Crippen molar-refractivity contribution in [3.63, 3.8) is 0 Å². The summed E-state index contributed by atoms with van der Waals surface area (Å²) in [5.74, 6) is 0.408. The second kappa shape index (κ2) is 5.26. The molecule has 0 aliphatic heterocycles. The Kier molecular flexibility index (Phi) is 3.43. The van der Waals surface area contributed by atoms with Crippen LogP contribution in [0, 0.1) is 5.82 Å². The Balaban J connectivity index is 2.25. The first-order valence-corrected chi connectivity index (χ1v) is 6.84. The van der Waals surface area contributed by atoms with Gasteiger partial charge in [0.1, 0.15) is 17.1 Å². The normalized spacial score (nSPS) is 11.0. The highest BCUT2D eigenvalue weighted by Gasteiger charge is 2.14. The highest BCUT2D eigenvalue weighted by atomic mass is 35.5. The number of nitrogen functional groups attached to an aromatic ring is 1. The fraction of sp³-hybridized carbons (Fsp3) is 0.133. The van der Waals surface area contributed by atoms with E-state index in [2.05, 4.69) is 4.98 Å². The third-order valence-electron chi connectivity index (χ3n) is 3.14. The summed E-state index contributed by atoms with van der Waals surface area (Å²) in [5, 5.41) is 0.0664. The fourth-order valence-electron chi connectivity index (χ4n) is 2.26. The monoisotopic (exact) mass is 305 g/mol. The molecule has 4 nitrogen and oxygen atoms in total. The fourth-order valence-corrected chi connectivity index (χ4v) is 2.38. The third-order valence-corrected chi connectivity index (χ3v) is 3.44. The van der Waals surface area contributed by atoms with Gasteiger partial charge in [-0.2, -0.15) is 0 Å². The number of para-hydroxylation sites is 1. The van der Waals surface area contributed by atoms with Crippen molar-refractivity contribution in [3.8, 4) is 11.4 Å². The topological polar surface area (TPSA) is 53.1 Å². The molecule has 0 atom stereocenters. The van der Waals surface area contributed by atoms with E-state index in [9.17, 15) is 4.39 Å². The Hall–Kier alpha value is -2.27. The van der Waals surface area contributed by atoms with E-state index < -0.39 is 5.82 Å². The zero-order valence-corrected chi connectivity index (χ0v) is 12.1. The number of ether oxygens (including phenoxy) is 1. The van der Waals surface area contributed by atoms with Crippen molar-refractivity contribution in [1.29, 1.82) is 0 Å². The van der Waals surface area contributed by atoms with Crippen molar-refractivity contribution in [2.75, 3.05) is 12.3 Å². The lowest BCUT2D eigenvalue weighted by Gasteiger charge is -2.08. The Bertz CT molecular complexity index is 816. The van der Waals surface area contributed by atoms with Crippen LogP contribution in [-0.2, 0) is 0 Å². The summed E-state index contributed by atoms with van der Waals surface area (Å²) in [4.78, 5) is 4.32. The summed E-state index contributed by atoms with van der Waals surface area (Å²) in [5.41, 5.74) is 7.94. The molecule has 21 heavy (non-hydrogen) atoms. The zero-order valence-electron chi connectivity index (χ0n) is 11.3. The Labute approximate surface area is 125 Å². The molecule has 3 aromatic rings. The van der Waals surface area contributed by atoms with Crippen molar-refractivity contribution in [2.24, 2.45) is 0 Å². The molecule has 2 aromatic carbocycles. The van der Waals surface area contributed by atoms with Crippen LogP contribution in [0.3, 0.4) is 0 Å². The number of hydrogen-bond acceptors (Lipinski definition) is 3. The highest BCUT2D eigenvalue weighted by Crippen LogP contribution is 2.30. The van der Waals surface area contributed by atoms with Crippen molar-refractivity contribution >= 4 is 28.6 Å². The number of nitrogens with zero attached hydrogens (tertiary/aromatic N) is 2. The quantitative estimate of drug-likeness (QED) is 0.801. The van der Waals surface area contributed by atoms with Crippen LogP contribution in [0.5, 0.6) is 5.75 Å². The second-order valence-electron chi connectivity index (χ2n) is 4.46. The molecule has 0 saturated carbocycles. The van der Waals surface area contributed by atoms with Gasteiger partial charge in [-0.3, -0.25) is 4.57 Å². The predicted molar refractivity (Wildman–Crippen MR) is 81.6 cm³/mol. The zero-order chi connectivity index (χ0) is 15.0. The minimum atomic E-state index is -0.503. The number of rotatable bonds is 3. The van der Waals surface area contributed by atoms with Gasteiger partial charge in [0, 0.05) is 0 Å². The molecule has 0 unspecified atom stereocenters. The van der Waals surface area contributed by atoms with Crippen molar-refractivity contribution < 1.29 is 9.13 Å². The summed E-state index contributed by atoms with van der Waals surface area (Å²) in [6.07, 6.45) is 0. The molecular formula is C15H13ClFN3O. The first kappa shape index (κ1) is 13.7. The molecule has 3 rings (SSSR count). The number of imidazole rings is 1. The highest BCUT2D eigenvalue weighted by molar-refractivity contribution is 6.30. The number of aromatic nitrogens is 2. The van der Waals surface area contributed by atoms with Gasteiger partial charge in [0.15, 0.2) is 0 Å². The number of hydrogen-bond donors (Lipinski definition) is 1. The van der Waals surface area contributed by atoms with Crippen LogP contribution in [0.15, 0.2) is 36.4 Å². The molecule has 2 N–H and O–H groups in total. The van der Waals surface area contributed by atoms with Gasteiger partial charge in [-0.15, -0.1) is 0 Å². The summed E-state index contributed by atoms with van der Waals surface area (Å²) < 4.78 is 20.9. The molecule has 0 aliphatic carbocycles. The Morgan fingerprint density at radius 2 is 2.14 bits per heavy atom. The lowest BCUT2D eigenvalue weighted by Crippen LogP contribution is -2.01. The maximum absolute atomic E-state index is 13.7. The number of fused-ring (bicyclic) bond motifs is 1. The molecule has 0 aliphatic rings. The Morgan fingerprint density at radius 3 is 2.86 bits per heavy atom. The first-order chi connectivity index (χ1) is 10.1. The van der Waals surface area contributed by atoms with Crippen LogP contribution in [0.25, 0.3) is 16.7 Å². The maximum Gasteiger partial charge on any atom is 0.206 e. The van der Waals surface area contributed by atoms with Crippen LogP contribution in [0.2, 0.25) is 5.02 Å². The molecule has 0 saturated heterocycles. The second-order valence-corrected chi connectivity index (χ2v) is 4.87. The van der Waals surface area contributed by atoms with Crippen LogP contribution in [0.4, 0.5) is 10.3 Å². The van der Waals surface area contributed by atoms with Crippen molar-refractivity contribution in [1.82, 2.24) is 9.55 Å². The molecule has 0 spiro atoms. The van der Waals surface area contributed by atoms with Crippen LogP contribution in [0.1, 0.15) is 6.92 Å².